The van der Waals surface area contributed by atoms with E-state index in [-0.39, 0.29) is 69.6 Å². The molecule has 0 heterocycles. The van der Waals surface area contributed by atoms with Gasteiger partial charge < -0.3 is 4.89 Å². The summed E-state index contributed by atoms with van der Waals surface area (Å²) in [6.07, 6.45) is 0. The molecule has 0 aromatic carbocycles. The molecule has 0 aliphatic rings. The van der Waals surface area contributed by atoms with Crippen molar-refractivity contribution in [2.75, 3.05) is 6.66 Å². The van der Waals surface area contributed by atoms with E-state index in [1.54, 1.807) is 6.66 Å². The van der Waals surface area contributed by atoms with E-state index in [9.17, 15) is 0 Å². The van der Waals surface area contributed by atoms with Crippen molar-refractivity contribution in [3.05, 3.63) is 0 Å². The van der Waals surface area contributed by atoms with Gasteiger partial charge in [-0.25, -0.2) is 0 Å². The van der Waals surface area contributed by atoms with Crippen molar-refractivity contribution in [2.24, 2.45) is 0 Å². The topological polar surface area (TPSA) is 20.2 Å². The minimum absolute atomic E-state index is 0. The van der Waals surface area contributed by atoms with Gasteiger partial charge in [0.05, 0.1) is 0 Å². The second-order valence-corrected chi connectivity index (χ2v) is 0.671. The van der Waals surface area contributed by atoms with Crippen molar-refractivity contribution >= 4 is 69.6 Å². The van der Waals surface area contributed by atoms with Gasteiger partial charge in [0, 0.05) is 8.81 Å². The third-order valence-electron chi connectivity index (χ3n) is 0. The van der Waals surface area contributed by atoms with Gasteiger partial charge in [0.2, 0.25) is 0 Å². The molecule has 0 saturated carbocycles. The molecule has 0 bridgehead atoms. The largest absolute Gasteiger partial charge is 0.316 e. The number of hydrogen-bond donors (Lipinski definition) is 1. The van der Waals surface area contributed by atoms with Crippen LogP contribution in [0.4, 0.5) is 0 Å². The number of hydrogen-bond acceptors (Lipinski definition) is 1. The maximum Gasteiger partial charge on any atom is 0.316 e. The van der Waals surface area contributed by atoms with Crippen LogP contribution in [0.3, 0.4) is 0 Å². The molecule has 0 rings (SSSR count). The first-order chi connectivity index (χ1) is 1.41. The molecule has 0 aliphatic carbocycles. The fourth-order valence-electron chi connectivity index (χ4n) is 0. The summed E-state index contributed by atoms with van der Waals surface area (Å²) in [4.78, 5) is 7.60. The van der Waals surface area contributed by atoms with E-state index in [1.807, 2.05) is 0 Å². The Labute approximate surface area is 79.9 Å². The Hall–Kier alpha value is 2.42. The van der Waals surface area contributed by atoms with Crippen molar-refractivity contribution in [3.8, 4) is 0 Å². The third-order valence-corrected chi connectivity index (χ3v) is 0. The summed E-state index contributed by atoms with van der Waals surface area (Å²) < 4.78 is 0. The van der Waals surface area contributed by atoms with E-state index in [2.05, 4.69) is 0 Å². The van der Waals surface area contributed by atoms with E-state index >= 15 is 0 Å². The summed E-state index contributed by atoms with van der Waals surface area (Å²) in [6.45, 7) is 1.71. The SMILES string of the molecule is CPO.[CaH2].[MgH2]. The molecular weight excluding hydrogens is 123 g/mol. The summed E-state index contributed by atoms with van der Waals surface area (Å²) in [6, 6.07) is 0. The van der Waals surface area contributed by atoms with Crippen molar-refractivity contribution < 1.29 is 4.89 Å². The predicted molar refractivity (Wildman–Crippen MR) is 33.5 cm³/mol. The first kappa shape index (κ1) is 15.7. The molecule has 0 radical (unpaired) electrons. The molecule has 0 aliphatic heterocycles. The fraction of sp³-hybridized carbons (Fsp3) is 1.00. The minimum Gasteiger partial charge on any atom is 0.316 e. The Morgan fingerprint density at radius 1 is 1.60 bits per heavy atom. The second-order valence-electron chi connectivity index (χ2n) is 0.224. The zero-order valence-corrected chi connectivity index (χ0v) is 2.95. The molecule has 1 unspecified atom stereocenters. The van der Waals surface area contributed by atoms with Crippen LogP contribution in [0.2, 0.25) is 0 Å². The van der Waals surface area contributed by atoms with E-state index in [4.69, 9.17) is 4.89 Å². The molecular formula is CH9CaMgOP. The summed E-state index contributed by atoms with van der Waals surface area (Å²) in [5.41, 5.74) is 0. The smallest absolute Gasteiger partial charge is 0.316 e. The summed E-state index contributed by atoms with van der Waals surface area (Å²) >= 11 is 0. The van der Waals surface area contributed by atoms with Crippen LogP contribution < -0.4 is 0 Å². The van der Waals surface area contributed by atoms with E-state index in [1.165, 1.54) is 0 Å². The van der Waals surface area contributed by atoms with Crippen LogP contribution >= 0.6 is 8.81 Å². The van der Waals surface area contributed by atoms with Gasteiger partial charge in [-0.15, -0.1) is 0 Å². The average molecular weight is 132 g/mol. The maximum absolute atomic E-state index is 7.60. The Balaban J connectivity index is -0.0000000200. The van der Waals surface area contributed by atoms with E-state index < -0.39 is 0 Å². The third kappa shape index (κ3) is 21.4. The van der Waals surface area contributed by atoms with Crippen LogP contribution in [0.15, 0.2) is 0 Å². The van der Waals surface area contributed by atoms with Crippen LogP contribution in [0, 0.1) is 0 Å². The van der Waals surface area contributed by atoms with Crippen LogP contribution in [0.25, 0.3) is 0 Å². The van der Waals surface area contributed by atoms with Gasteiger partial charge in [0.1, 0.15) is 0 Å². The molecule has 1 atom stereocenters. The van der Waals surface area contributed by atoms with Crippen molar-refractivity contribution in [3.63, 3.8) is 0 Å². The molecule has 0 fully saturated rings. The van der Waals surface area contributed by atoms with Gasteiger partial charge in [0.25, 0.3) is 0 Å². The summed E-state index contributed by atoms with van der Waals surface area (Å²) in [5, 5.41) is 0. The molecule has 0 saturated heterocycles. The van der Waals surface area contributed by atoms with Crippen LogP contribution in [-0.2, 0) is 0 Å². The van der Waals surface area contributed by atoms with Crippen molar-refractivity contribution in [1.82, 2.24) is 0 Å². The van der Waals surface area contributed by atoms with Crippen LogP contribution in [-0.4, -0.2) is 72.3 Å². The van der Waals surface area contributed by atoms with Gasteiger partial charge in [-0.2, -0.15) is 0 Å². The average Bonchev–Trinajstić information content (AvgIpc) is 0.918. The van der Waals surface area contributed by atoms with E-state index in [0.717, 1.165) is 0 Å². The maximum atomic E-state index is 7.60. The second kappa shape index (κ2) is 16.1. The quantitative estimate of drug-likeness (QED) is 0.310. The molecule has 0 aromatic heterocycles. The summed E-state index contributed by atoms with van der Waals surface area (Å²) in [5.74, 6) is 0. The Morgan fingerprint density at radius 3 is 1.60 bits per heavy atom. The van der Waals surface area contributed by atoms with Gasteiger partial charge in [-0.3, -0.25) is 0 Å². The predicted octanol–water partition coefficient (Wildman–Crippen LogP) is -1.63. The Morgan fingerprint density at radius 2 is 1.60 bits per heavy atom. The molecule has 4 heteroatoms. The minimum atomic E-state index is 0. The molecule has 5 heavy (non-hydrogen) atoms. The van der Waals surface area contributed by atoms with Crippen LogP contribution in [0.5, 0.6) is 0 Å². The molecule has 0 amide bonds. The molecule has 0 aromatic rings. The first-order valence-electron chi connectivity index (χ1n) is 0.724. The number of rotatable bonds is 0. The van der Waals surface area contributed by atoms with Gasteiger partial charge >= 0.3 is 60.8 Å². The zero-order valence-electron chi connectivity index (χ0n) is 1.95. The van der Waals surface area contributed by atoms with Crippen LogP contribution in [0.1, 0.15) is 0 Å². The molecule has 1 N–H and O–H groups in total. The van der Waals surface area contributed by atoms with Gasteiger partial charge in [-0.05, 0) is 6.66 Å². The van der Waals surface area contributed by atoms with E-state index in [0.29, 0.717) is 0 Å². The zero-order chi connectivity index (χ0) is 2.71. The Bertz CT molecular complexity index is 11.6. The summed E-state index contributed by atoms with van der Waals surface area (Å²) in [7, 11) is 0.0833. The molecule has 1 nitrogen and oxygen atoms in total. The van der Waals surface area contributed by atoms with Gasteiger partial charge in [0.15, 0.2) is 0 Å². The molecule has 0 spiro atoms. The standard InChI is InChI=1S/CH5OP.Ca.Mg.4H/c1-3-2;;;;;;/h2-3H,1H3;;;;;;. The fourth-order valence-corrected chi connectivity index (χ4v) is 0. The molecule has 28 valence electrons. The van der Waals surface area contributed by atoms with Gasteiger partial charge in [-0.1, -0.05) is 0 Å². The normalized spacial score (nSPS) is 6.00. The Kier molecular flexibility index (Phi) is 50.5. The van der Waals surface area contributed by atoms with Crippen molar-refractivity contribution in [2.45, 2.75) is 0 Å². The first-order valence-corrected chi connectivity index (χ1v) is 2.17. The monoisotopic (exact) mass is 132 g/mol. The van der Waals surface area contributed by atoms with Crippen molar-refractivity contribution in [1.29, 1.82) is 0 Å².